The first-order valence-corrected chi connectivity index (χ1v) is 6.17. The Morgan fingerprint density at radius 3 is 3.12 bits per heavy atom. The number of hydrogen-bond acceptors (Lipinski definition) is 5. The smallest absolute Gasteiger partial charge is 0.218 e. The molecule has 1 aromatic rings. The summed E-state index contributed by atoms with van der Waals surface area (Å²) in [5.41, 5.74) is 0. The largest absolute Gasteiger partial charge is 0.478 e. The van der Waals surface area contributed by atoms with E-state index in [1.165, 1.54) is 12.7 Å². The molecule has 1 N–H and O–H groups in total. The summed E-state index contributed by atoms with van der Waals surface area (Å²) >= 11 is 0. The van der Waals surface area contributed by atoms with Gasteiger partial charge in [-0.2, -0.15) is 0 Å². The van der Waals surface area contributed by atoms with Gasteiger partial charge in [0.2, 0.25) is 5.88 Å². The summed E-state index contributed by atoms with van der Waals surface area (Å²) in [7, 11) is 0. The SMILES string of the molecule is CCOc1cc(N2CCCC[C@@H]2CO)ncn1. The normalized spacial score (nSPS) is 20.4. The number of hydrogen-bond donors (Lipinski definition) is 1. The average Bonchev–Trinajstić information content (AvgIpc) is 2.39. The van der Waals surface area contributed by atoms with E-state index in [2.05, 4.69) is 14.9 Å². The van der Waals surface area contributed by atoms with Gasteiger partial charge in [-0.3, -0.25) is 0 Å². The van der Waals surface area contributed by atoms with Gasteiger partial charge in [0.05, 0.1) is 19.3 Å². The molecule has 0 unspecified atom stereocenters. The molecule has 0 bridgehead atoms. The van der Waals surface area contributed by atoms with Crippen LogP contribution in [0, 0.1) is 0 Å². The highest BCUT2D eigenvalue weighted by Crippen LogP contribution is 2.24. The van der Waals surface area contributed by atoms with Crippen molar-refractivity contribution in [2.75, 3.05) is 24.7 Å². The summed E-state index contributed by atoms with van der Waals surface area (Å²) in [4.78, 5) is 10.5. The van der Waals surface area contributed by atoms with Crippen LogP contribution in [-0.2, 0) is 0 Å². The molecular weight excluding hydrogens is 218 g/mol. The molecular formula is C12H19N3O2. The Morgan fingerprint density at radius 1 is 1.47 bits per heavy atom. The second-order valence-corrected chi connectivity index (χ2v) is 4.17. The zero-order chi connectivity index (χ0) is 12.1. The fraction of sp³-hybridized carbons (Fsp3) is 0.667. The molecule has 0 saturated carbocycles. The molecule has 1 aromatic heterocycles. The molecule has 94 valence electrons. The number of ether oxygens (including phenoxy) is 1. The topological polar surface area (TPSA) is 58.5 Å². The second kappa shape index (κ2) is 5.82. The molecule has 0 radical (unpaired) electrons. The maximum absolute atomic E-state index is 9.38. The predicted octanol–water partition coefficient (Wildman–Crippen LogP) is 1.23. The van der Waals surface area contributed by atoms with Crippen molar-refractivity contribution in [3.63, 3.8) is 0 Å². The van der Waals surface area contributed by atoms with Gasteiger partial charge in [0, 0.05) is 12.6 Å². The van der Waals surface area contributed by atoms with Crippen LogP contribution < -0.4 is 9.64 Å². The van der Waals surface area contributed by atoms with E-state index in [1.807, 2.05) is 13.0 Å². The lowest BCUT2D eigenvalue weighted by atomic mass is 10.0. The van der Waals surface area contributed by atoms with E-state index in [9.17, 15) is 5.11 Å². The molecule has 5 heteroatoms. The van der Waals surface area contributed by atoms with Crippen molar-refractivity contribution in [3.8, 4) is 5.88 Å². The van der Waals surface area contributed by atoms with E-state index >= 15 is 0 Å². The predicted molar refractivity (Wildman–Crippen MR) is 65.3 cm³/mol. The molecule has 0 spiro atoms. The molecule has 5 nitrogen and oxygen atoms in total. The van der Waals surface area contributed by atoms with Crippen LogP contribution in [0.1, 0.15) is 26.2 Å². The first kappa shape index (κ1) is 12.1. The maximum Gasteiger partial charge on any atom is 0.218 e. The van der Waals surface area contributed by atoms with Gasteiger partial charge in [0.1, 0.15) is 12.1 Å². The van der Waals surface area contributed by atoms with Gasteiger partial charge in [-0.25, -0.2) is 9.97 Å². The molecule has 0 aliphatic carbocycles. The third-order valence-corrected chi connectivity index (χ3v) is 3.05. The van der Waals surface area contributed by atoms with Crippen molar-refractivity contribution in [2.45, 2.75) is 32.2 Å². The summed E-state index contributed by atoms with van der Waals surface area (Å²) in [6.07, 6.45) is 4.85. The van der Waals surface area contributed by atoms with Crippen molar-refractivity contribution in [1.82, 2.24) is 9.97 Å². The van der Waals surface area contributed by atoms with Gasteiger partial charge in [-0.15, -0.1) is 0 Å². The highest BCUT2D eigenvalue weighted by Gasteiger charge is 2.23. The molecule has 1 aliphatic rings. The van der Waals surface area contributed by atoms with Crippen molar-refractivity contribution in [2.24, 2.45) is 0 Å². The summed E-state index contributed by atoms with van der Waals surface area (Å²) in [5, 5.41) is 9.38. The van der Waals surface area contributed by atoms with E-state index < -0.39 is 0 Å². The van der Waals surface area contributed by atoms with Gasteiger partial charge in [-0.05, 0) is 26.2 Å². The maximum atomic E-state index is 9.38. The Kier molecular flexibility index (Phi) is 4.14. The molecule has 1 saturated heterocycles. The molecule has 1 fully saturated rings. The van der Waals surface area contributed by atoms with Crippen LogP contribution in [0.4, 0.5) is 5.82 Å². The number of nitrogens with zero attached hydrogens (tertiary/aromatic N) is 3. The van der Waals surface area contributed by atoms with E-state index in [0.717, 1.165) is 25.2 Å². The van der Waals surface area contributed by atoms with Crippen molar-refractivity contribution >= 4 is 5.82 Å². The van der Waals surface area contributed by atoms with Gasteiger partial charge in [-0.1, -0.05) is 0 Å². The zero-order valence-electron chi connectivity index (χ0n) is 10.2. The van der Waals surface area contributed by atoms with Gasteiger partial charge in [0.15, 0.2) is 0 Å². The third kappa shape index (κ3) is 2.85. The Balaban J connectivity index is 2.16. The zero-order valence-corrected chi connectivity index (χ0v) is 10.2. The molecule has 2 rings (SSSR count). The van der Waals surface area contributed by atoms with Crippen LogP contribution in [0.5, 0.6) is 5.88 Å². The molecule has 0 aromatic carbocycles. The lowest BCUT2D eigenvalue weighted by molar-refractivity contribution is 0.239. The average molecular weight is 237 g/mol. The Morgan fingerprint density at radius 2 is 2.35 bits per heavy atom. The fourth-order valence-corrected chi connectivity index (χ4v) is 2.21. The van der Waals surface area contributed by atoms with Crippen LogP contribution in [0.15, 0.2) is 12.4 Å². The number of piperidine rings is 1. The molecule has 1 aliphatic heterocycles. The standard InChI is InChI=1S/C12H19N3O2/c1-2-17-12-7-11(13-9-14-12)15-6-4-3-5-10(15)8-16/h7,9-10,16H,2-6,8H2,1H3/t10-/m1/s1. The van der Waals surface area contributed by atoms with E-state index in [4.69, 9.17) is 4.74 Å². The Labute approximate surface area is 101 Å². The first-order chi connectivity index (χ1) is 8.35. The van der Waals surface area contributed by atoms with E-state index in [0.29, 0.717) is 12.5 Å². The third-order valence-electron chi connectivity index (χ3n) is 3.05. The van der Waals surface area contributed by atoms with Gasteiger partial charge >= 0.3 is 0 Å². The van der Waals surface area contributed by atoms with Gasteiger partial charge < -0.3 is 14.7 Å². The summed E-state index contributed by atoms with van der Waals surface area (Å²) in [6.45, 7) is 3.64. The summed E-state index contributed by atoms with van der Waals surface area (Å²) in [6, 6.07) is 2.02. The lowest BCUT2D eigenvalue weighted by Gasteiger charge is -2.35. The van der Waals surface area contributed by atoms with Crippen LogP contribution >= 0.6 is 0 Å². The summed E-state index contributed by atoms with van der Waals surface area (Å²) < 4.78 is 5.37. The minimum atomic E-state index is 0.174. The van der Waals surface area contributed by atoms with E-state index in [-0.39, 0.29) is 12.6 Å². The second-order valence-electron chi connectivity index (χ2n) is 4.17. The van der Waals surface area contributed by atoms with Crippen LogP contribution in [0.25, 0.3) is 0 Å². The van der Waals surface area contributed by atoms with Crippen LogP contribution in [0.3, 0.4) is 0 Å². The monoisotopic (exact) mass is 237 g/mol. The fourth-order valence-electron chi connectivity index (χ4n) is 2.21. The molecule has 1 atom stereocenters. The molecule has 2 heterocycles. The van der Waals surface area contributed by atoms with E-state index in [1.54, 1.807) is 0 Å². The molecule has 0 amide bonds. The minimum absolute atomic E-state index is 0.174. The van der Waals surface area contributed by atoms with Gasteiger partial charge in [0.25, 0.3) is 0 Å². The number of aromatic nitrogens is 2. The lowest BCUT2D eigenvalue weighted by Crippen LogP contribution is -2.42. The number of rotatable bonds is 4. The highest BCUT2D eigenvalue weighted by molar-refractivity contribution is 5.42. The van der Waals surface area contributed by atoms with Crippen molar-refractivity contribution < 1.29 is 9.84 Å². The van der Waals surface area contributed by atoms with Crippen molar-refractivity contribution in [1.29, 1.82) is 0 Å². The first-order valence-electron chi connectivity index (χ1n) is 6.17. The number of aliphatic hydroxyl groups is 1. The molecule has 17 heavy (non-hydrogen) atoms. The minimum Gasteiger partial charge on any atom is -0.478 e. The highest BCUT2D eigenvalue weighted by atomic mass is 16.5. The Bertz CT molecular complexity index is 359. The van der Waals surface area contributed by atoms with Crippen LogP contribution in [0.2, 0.25) is 0 Å². The Hall–Kier alpha value is -1.36. The van der Waals surface area contributed by atoms with Crippen LogP contribution in [-0.4, -0.2) is 40.9 Å². The summed E-state index contributed by atoms with van der Waals surface area (Å²) in [5.74, 6) is 1.45. The quantitative estimate of drug-likeness (QED) is 0.853. The number of aliphatic hydroxyl groups excluding tert-OH is 1. The number of anilines is 1. The van der Waals surface area contributed by atoms with Crippen molar-refractivity contribution in [3.05, 3.63) is 12.4 Å².